The van der Waals surface area contributed by atoms with Gasteiger partial charge in [0.05, 0.1) is 26.4 Å². The summed E-state index contributed by atoms with van der Waals surface area (Å²) in [5, 5.41) is 6.89. The van der Waals surface area contributed by atoms with Crippen molar-refractivity contribution in [2.75, 3.05) is 59.7 Å². The lowest BCUT2D eigenvalue weighted by atomic mass is 10.0. The smallest absolute Gasteiger partial charge is 0.191 e. The second-order valence-electron chi connectivity index (χ2n) is 7.52. The number of halogens is 1. The number of morpholine rings is 1. The van der Waals surface area contributed by atoms with Crippen molar-refractivity contribution in [1.29, 1.82) is 0 Å². The average molecular weight is 534 g/mol. The summed E-state index contributed by atoms with van der Waals surface area (Å²) in [6.45, 7) is 13.8. The Kier molecular flexibility index (Phi) is 14.1. The number of aliphatic imine (C=N–C) groups is 1. The molecule has 30 heavy (non-hydrogen) atoms. The van der Waals surface area contributed by atoms with E-state index in [2.05, 4.69) is 48.4 Å². The minimum atomic E-state index is 0. The molecular formula is C22H39IN4O3. The van der Waals surface area contributed by atoms with Crippen molar-refractivity contribution in [3.05, 3.63) is 29.8 Å². The van der Waals surface area contributed by atoms with Gasteiger partial charge in [-0.05, 0) is 30.5 Å². The Balaban J connectivity index is 0.00000450. The van der Waals surface area contributed by atoms with Crippen LogP contribution in [0.5, 0.6) is 5.75 Å². The van der Waals surface area contributed by atoms with Gasteiger partial charge in [0, 0.05) is 39.3 Å². The lowest BCUT2D eigenvalue weighted by molar-refractivity contribution is 0.00752. The summed E-state index contributed by atoms with van der Waals surface area (Å²) in [4.78, 5) is 7.28. The number of guanidine groups is 1. The molecule has 7 nitrogen and oxygen atoms in total. The van der Waals surface area contributed by atoms with E-state index in [0.29, 0.717) is 31.7 Å². The molecule has 1 aliphatic rings. The van der Waals surface area contributed by atoms with Crippen LogP contribution < -0.4 is 15.4 Å². The molecule has 1 unspecified atom stereocenters. The summed E-state index contributed by atoms with van der Waals surface area (Å²) < 4.78 is 16.1. The zero-order chi connectivity index (χ0) is 20.9. The highest BCUT2D eigenvalue weighted by Crippen LogP contribution is 2.14. The first-order valence-electron chi connectivity index (χ1n) is 10.7. The van der Waals surface area contributed by atoms with E-state index in [-0.39, 0.29) is 24.0 Å². The van der Waals surface area contributed by atoms with Gasteiger partial charge in [-0.2, -0.15) is 0 Å². The molecule has 1 aromatic rings. The van der Waals surface area contributed by atoms with Crippen LogP contribution >= 0.6 is 24.0 Å². The van der Waals surface area contributed by atoms with E-state index < -0.39 is 0 Å². The van der Waals surface area contributed by atoms with Crippen molar-refractivity contribution in [2.24, 2.45) is 10.9 Å². The lowest BCUT2D eigenvalue weighted by Gasteiger charge is -2.37. The minimum absolute atomic E-state index is 0. The van der Waals surface area contributed by atoms with Gasteiger partial charge in [0.1, 0.15) is 12.4 Å². The third-order valence-corrected chi connectivity index (χ3v) is 5.01. The van der Waals surface area contributed by atoms with E-state index in [9.17, 15) is 0 Å². The molecule has 1 aliphatic heterocycles. The van der Waals surface area contributed by atoms with Crippen molar-refractivity contribution in [2.45, 2.75) is 33.4 Å². The van der Waals surface area contributed by atoms with Gasteiger partial charge in [-0.3, -0.25) is 4.90 Å². The fourth-order valence-electron chi connectivity index (χ4n) is 3.34. The Labute approximate surface area is 199 Å². The van der Waals surface area contributed by atoms with Gasteiger partial charge >= 0.3 is 0 Å². The molecule has 0 aromatic heterocycles. The fraction of sp³-hybridized carbons (Fsp3) is 0.682. The predicted octanol–water partition coefficient (Wildman–Crippen LogP) is 2.74. The maximum atomic E-state index is 5.61. The van der Waals surface area contributed by atoms with Crippen LogP contribution in [0.1, 0.15) is 26.3 Å². The fourth-order valence-corrected chi connectivity index (χ4v) is 3.34. The van der Waals surface area contributed by atoms with Crippen molar-refractivity contribution in [3.63, 3.8) is 0 Å². The van der Waals surface area contributed by atoms with Crippen LogP contribution in [-0.2, 0) is 16.0 Å². The minimum Gasteiger partial charge on any atom is -0.491 e. The molecule has 0 spiro atoms. The SMILES string of the molecule is CCNC(=NCc1ccc(OCCOC)cc1)NCC(C(C)C)N1CCOCC1.I. The molecule has 0 bridgehead atoms. The number of ether oxygens (including phenoxy) is 3. The number of hydrogen-bond acceptors (Lipinski definition) is 5. The zero-order valence-electron chi connectivity index (χ0n) is 18.9. The Hall–Kier alpha value is -1.10. The van der Waals surface area contributed by atoms with Crippen LogP contribution in [0.3, 0.4) is 0 Å². The summed E-state index contributed by atoms with van der Waals surface area (Å²) >= 11 is 0. The number of rotatable bonds is 11. The van der Waals surface area contributed by atoms with E-state index in [1.165, 1.54) is 0 Å². The summed E-state index contributed by atoms with van der Waals surface area (Å²) in [7, 11) is 1.67. The molecule has 0 saturated carbocycles. The first kappa shape index (κ1) is 26.9. The van der Waals surface area contributed by atoms with Crippen LogP contribution in [0.15, 0.2) is 29.3 Å². The van der Waals surface area contributed by atoms with E-state index in [4.69, 9.17) is 19.2 Å². The number of methoxy groups -OCH3 is 1. The molecule has 2 rings (SSSR count). The molecule has 0 amide bonds. The third-order valence-electron chi connectivity index (χ3n) is 5.01. The molecule has 1 saturated heterocycles. The normalized spacial score (nSPS) is 16.1. The number of hydrogen-bond donors (Lipinski definition) is 2. The second kappa shape index (κ2) is 15.7. The molecule has 1 aromatic carbocycles. The molecule has 172 valence electrons. The first-order chi connectivity index (χ1) is 14.1. The molecule has 1 fully saturated rings. The second-order valence-corrected chi connectivity index (χ2v) is 7.52. The average Bonchev–Trinajstić information content (AvgIpc) is 2.74. The zero-order valence-corrected chi connectivity index (χ0v) is 21.2. The molecule has 0 radical (unpaired) electrons. The summed E-state index contributed by atoms with van der Waals surface area (Å²) in [5.74, 6) is 2.27. The van der Waals surface area contributed by atoms with Gasteiger partial charge < -0.3 is 24.8 Å². The van der Waals surface area contributed by atoms with Gasteiger partial charge in [0.25, 0.3) is 0 Å². The van der Waals surface area contributed by atoms with Crippen LogP contribution in [0.25, 0.3) is 0 Å². The van der Waals surface area contributed by atoms with Crippen LogP contribution in [-0.4, -0.2) is 76.6 Å². The standard InChI is InChI=1S/C22H38N4O3.HI/c1-5-23-22(25-17-21(18(2)3)26-10-12-28-13-11-26)24-16-19-6-8-20(9-7-19)29-15-14-27-4;/h6-9,18,21H,5,10-17H2,1-4H3,(H2,23,24,25);1H. The molecule has 1 atom stereocenters. The topological polar surface area (TPSA) is 67.4 Å². The number of benzene rings is 1. The van der Waals surface area contributed by atoms with E-state index >= 15 is 0 Å². The first-order valence-corrected chi connectivity index (χ1v) is 10.7. The van der Waals surface area contributed by atoms with Gasteiger partial charge in [0.2, 0.25) is 0 Å². The van der Waals surface area contributed by atoms with Crippen molar-refractivity contribution >= 4 is 29.9 Å². The molecule has 2 N–H and O–H groups in total. The van der Waals surface area contributed by atoms with Gasteiger partial charge in [0.15, 0.2) is 5.96 Å². The monoisotopic (exact) mass is 534 g/mol. The van der Waals surface area contributed by atoms with Crippen LogP contribution in [0.4, 0.5) is 0 Å². The Bertz CT molecular complexity index is 593. The third kappa shape index (κ3) is 9.80. The van der Waals surface area contributed by atoms with E-state index in [1.807, 2.05) is 12.1 Å². The van der Waals surface area contributed by atoms with Gasteiger partial charge in [-0.25, -0.2) is 4.99 Å². The Morgan fingerprint density at radius 2 is 1.83 bits per heavy atom. The quantitative estimate of drug-likeness (QED) is 0.197. The number of nitrogens with one attached hydrogen (secondary N) is 2. The highest BCUT2D eigenvalue weighted by Gasteiger charge is 2.23. The Morgan fingerprint density at radius 3 is 2.43 bits per heavy atom. The molecule has 0 aliphatic carbocycles. The maximum absolute atomic E-state index is 5.61. The van der Waals surface area contributed by atoms with Crippen molar-refractivity contribution in [1.82, 2.24) is 15.5 Å². The van der Waals surface area contributed by atoms with Gasteiger partial charge in [-0.1, -0.05) is 26.0 Å². The van der Waals surface area contributed by atoms with Gasteiger partial charge in [-0.15, -0.1) is 24.0 Å². The molecule has 8 heteroatoms. The summed E-state index contributed by atoms with van der Waals surface area (Å²) in [5.41, 5.74) is 1.15. The number of nitrogens with zero attached hydrogens (tertiary/aromatic N) is 2. The highest BCUT2D eigenvalue weighted by molar-refractivity contribution is 14.0. The molecular weight excluding hydrogens is 495 g/mol. The van der Waals surface area contributed by atoms with Crippen molar-refractivity contribution < 1.29 is 14.2 Å². The maximum Gasteiger partial charge on any atom is 0.191 e. The predicted molar refractivity (Wildman–Crippen MR) is 133 cm³/mol. The Morgan fingerprint density at radius 1 is 1.13 bits per heavy atom. The lowest BCUT2D eigenvalue weighted by Crippen LogP contribution is -2.52. The largest absolute Gasteiger partial charge is 0.491 e. The highest BCUT2D eigenvalue weighted by atomic mass is 127. The molecule has 1 heterocycles. The van der Waals surface area contributed by atoms with Crippen LogP contribution in [0.2, 0.25) is 0 Å². The van der Waals surface area contributed by atoms with E-state index in [0.717, 1.165) is 56.7 Å². The van der Waals surface area contributed by atoms with E-state index in [1.54, 1.807) is 7.11 Å². The summed E-state index contributed by atoms with van der Waals surface area (Å²) in [6.07, 6.45) is 0. The van der Waals surface area contributed by atoms with Crippen LogP contribution in [0, 0.1) is 5.92 Å². The summed E-state index contributed by atoms with van der Waals surface area (Å²) in [6, 6.07) is 8.54. The van der Waals surface area contributed by atoms with Crippen molar-refractivity contribution in [3.8, 4) is 5.75 Å².